The van der Waals surface area contributed by atoms with Gasteiger partial charge in [0, 0.05) is 36.1 Å². The summed E-state index contributed by atoms with van der Waals surface area (Å²) in [6.45, 7) is 3.13. The second-order valence-corrected chi connectivity index (χ2v) is 5.37. The van der Waals surface area contributed by atoms with Crippen molar-refractivity contribution in [2.75, 3.05) is 12.0 Å². The number of benzene rings is 1. The van der Waals surface area contributed by atoms with Gasteiger partial charge in [-0.25, -0.2) is 0 Å². The summed E-state index contributed by atoms with van der Waals surface area (Å²) in [6.07, 6.45) is 7.22. The van der Waals surface area contributed by atoms with Crippen LogP contribution in [0, 0.1) is 0 Å². The zero-order chi connectivity index (χ0) is 12.8. The number of thioether (sulfide) groups is 1. The van der Waals surface area contributed by atoms with E-state index in [-0.39, 0.29) is 0 Å². The summed E-state index contributed by atoms with van der Waals surface area (Å²) in [4.78, 5) is 4.32. The van der Waals surface area contributed by atoms with E-state index in [1.54, 1.807) is 0 Å². The third kappa shape index (κ3) is 3.24. The second kappa shape index (κ2) is 6.76. The topological polar surface area (TPSA) is 24.9 Å². The van der Waals surface area contributed by atoms with Crippen LogP contribution < -0.4 is 5.32 Å². The van der Waals surface area contributed by atoms with Gasteiger partial charge in [-0.1, -0.05) is 31.2 Å². The quantitative estimate of drug-likeness (QED) is 0.861. The fourth-order valence-electron chi connectivity index (χ4n) is 2.10. The van der Waals surface area contributed by atoms with E-state index in [9.17, 15) is 0 Å². The number of aromatic nitrogens is 1. The van der Waals surface area contributed by atoms with Crippen molar-refractivity contribution in [1.29, 1.82) is 0 Å². The molecule has 1 N–H and O–H groups in total. The number of fused-ring (bicyclic) bond motifs is 1. The van der Waals surface area contributed by atoms with Crippen LogP contribution in [0.25, 0.3) is 10.8 Å². The van der Waals surface area contributed by atoms with Crippen LogP contribution in [0.3, 0.4) is 0 Å². The van der Waals surface area contributed by atoms with Gasteiger partial charge in [0.25, 0.3) is 0 Å². The number of nitrogens with one attached hydrogen (secondary N) is 1. The van der Waals surface area contributed by atoms with Crippen molar-refractivity contribution in [1.82, 2.24) is 10.3 Å². The molecule has 96 valence electrons. The van der Waals surface area contributed by atoms with Gasteiger partial charge in [0.2, 0.25) is 0 Å². The Balaban J connectivity index is 2.11. The minimum Gasteiger partial charge on any atom is -0.309 e. The standard InChI is InChI=1S/C15H20N2S/c1-3-14(11-18-2)17-10-13-9-16-8-12-6-4-5-7-15(12)13/h4-9,14,17H,3,10-11H2,1-2H3. The van der Waals surface area contributed by atoms with Gasteiger partial charge in [-0.05, 0) is 23.6 Å². The minimum absolute atomic E-state index is 0.582. The fourth-order valence-corrected chi connectivity index (χ4v) is 2.85. The molecule has 0 saturated carbocycles. The van der Waals surface area contributed by atoms with Crippen LogP contribution in [0.2, 0.25) is 0 Å². The molecule has 0 spiro atoms. The van der Waals surface area contributed by atoms with Crippen molar-refractivity contribution in [2.24, 2.45) is 0 Å². The lowest BCUT2D eigenvalue weighted by Crippen LogP contribution is -2.30. The number of hydrogen-bond acceptors (Lipinski definition) is 3. The van der Waals surface area contributed by atoms with E-state index in [0.29, 0.717) is 6.04 Å². The van der Waals surface area contributed by atoms with Crippen molar-refractivity contribution >= 4 is 22.5 Å². The van der Waals surface area contributed by atoms with E-state index in [1.165, 1.54) is 22.8 Å². The number of hydrogen-bond donors (Lipinski definition) is 1. The van der Waals surface area contributed by atoms with Crippen molar-refractivity contribution in [3.63, 3.8) is 0 Å². The summed E-state index contributed by atoms with van der Waals surface area (Å²) in [6, 6.07) is 9.02. The first-order valence-electron chi connectivity index (χ1n) is 6.39. The maximum absolute atomic E-state index is 4.32. The first-order valence-corrected chi connectivity index (χ1v) is 7.78. The molecule has 0 amide bonds. The van der Waals surface area contributed by atoms with Gasteiger partial charge in [-0.15, -0.1) is 0 Å². The third-order valence-electron chi connectivity index (χ3n) is 3.19. The molecule has 0 aliphatic rings. The lowest BCUT2D eigenvalue weighted by atomic mass is 10.1. The highest BCUT2D eigenvalue weighted by Crippen LogP contribution is 2.17. The summed E-state index contributed by atoms with van der Waals surface area (Å²) in [5.74, 6) is 1.16. The molecule has 1 aromatic carbocycles. The lowest BCUT2D eigenvalue weighted by Gasteiger charge is -2.16. The molecular formula is C15H20N2S. The largest absolute Gasteiger partial charge is 0.309 e. The Morgan fingerprint density at radius 1 is 1.28 bits per heavy atom. The molecule has 1 heterocycles. The van der Waals surface area contributed by atoms with Crippen molar-refractivity contribution in [2.45, 2.75) is 25.9 Å². The molecule has 1 aromatic heterocycles. The Kier molecular flexibility index (Phi) is 5.02. The zero-order valence-electron chi connectivity index (χ0n) is 11.0. The zero-order valence-corrected chi connectivity index (χ0v) is 11.8. The van der Waals surface area contributed by atoms with Crippen molar-refractivity contribution in [3.8, 4) is 0 Å². The Labute approximate surface area is 113 Å². The first-order chi connectivity index (χ1) is 8.85. The highest BCUT2D eigenvalue weighted by atomic mass is 32.2. The minimum atomic E-state index is 0.582. The molecular weight excluding hydrogens is 240 g/mol. The van der Waals surface area contributed by atoms with Crippen LogP contribution in [0.15, 0.2) is 36.7 Å². The van der Waals surface area contributed by atoms with Gasteiger partial charge in [-0.3, -0.25) is 4.98 Å². The molecule has 2 rings (SSSR count). The Hall–Kier alpha value is -1.06. The average Bonchev–Trinajstić information content (AvgIpc) is 2.43. The van der Waals surface area contributed by atoms with E-state index >= 15 is 0 Å². The molecule has 1 atom stereocenters. The van der Waals surface area contributed by atoms with E-state index in [4.69, 9.17) is 0 Å². The maximum atomic E-state index is 4.32. The molecule has 0 fully saturated rings. The molecule has 0 aliphatic carbocycles. The SMILES string of the molecule is CCC(CSC)NCc1cncc2ccccc12. The van der Waals surface area contributed by atoms with Crippen LogP contribution in [-0.2, 0) is 6.54 Å². The predicted molar refractivity (Wildman–Crippen MR) is 81.0 cm³/mol. The summed E-state index contributed by atoms with van der Waals surface area (Å²) < 4.78 is 0. The highest BCUT2D eigenvalue weighted by molar-refractivity contribution is 7.98. The number of rotatable bonds is 6. The number of nitrogens with zero attached hydrogens (tertiary/aromatic N) is 1. The van der Waals surface area contributed by atoms with Gasteiger partial charge in [0.05, 0.1) is 0 Å². The molecule has 0 bridgehead atoms. The highest BCUT2D eigenvalue weighted by Gasteiger charge is 2.06. The molecule has 0 aliphatic heterocycles. The Morgan fingerprint density at radius 2 is 2.11 bits per heavy atom. The first kappa shape index (κ1) is 13.4. The predicted octanol–water partition coefficient (Wildman–Crippen LogP) is 3.47. The van der Waals surface area contributed by atoms with Gasteiger partial charge in [0.1, 0.15) is 0 Å². The molecule has 2 nitrogen and oxygen atoms in total. The summed E-state index contributed by atoms with van der Waals surface area (Å²) in [5.41, 5.74) is 1.28. The van der Waals surface area contributed by atoms with E-state index in [1.807, 2.05) is 24.2 Å². The monoisotopic (exact) mass is 260 g/mol. The average molecular weight is 260 g/mol. The maximum Gasteiger partial charge on any atom is 0.0346 e. The smallest absolute Gasteiger partial charge is 0.0346 e. The van der Waals surface area contributed by atoms with Gasteiger partial charge >= 0.3 is 0 Å². The van der Waals surface area contributed by atoms with Gasteiger partial charge < -0.3 is 5.32 Å². The molecule has 3 heteroatoms. The molecule has 2 aromatic rings. The molecule has 1 unspecified atom stereocenters. The summed E-state index contributed by atoms with van der Waals surface area (Å²) in [5, 5.41) is 6.14. The van der Waals surface area contributed by atoms with Crippen molar-refractivity contribution < 1.29 is 0 Å². The van der Waals surface area contributed by atoms with E-state index in [0.717, 1.165) is 12.3 Å². The Morgan fingerprint density at radius 3 is 2.89 bits per heavy atom. The Bertz CT molecular complexity index is 493. The molecule has 0 radical (unpaired) electrons. The third-order valence-corrected chi connectivity index (χ3v) is 3.93. The van der Waals surface area contributed by atoms with Crippen LogP contribution in [0.5, 0.6) is 0 Å². The summed E-state index contributed by atoms with van der Waals surface area (Å²) >= 11 is 1.89. The lowest BCUT2D eigenvalue weighted by molar-refractivity contribution is 0.542. The van der Waals surface area contributed by atoms with Crippen molar-refractivity contribution in [3.05, 3.63) is 42.2 Å². The van der Waals surface area contributed by atoms with Crippen LogP contribution in [0.4, 0.5) is 0 Å². The fraction of sp³-hybridized carbons (Fsp3) is 0.400. The normalized spacial score (nSPS) is 12.8. The number of pyridine rings is 1. The van der Waals surface area contributed by atoms with E-state index < -0.39 is 0 Å². The molecule has 0 saturated heterocycles. The van der Waals surface area contributed by atoms with Gasteiger partial charge in [0.15, 0.2) is 0 Å². The van der Waals surface area contributed by atoms with Gasteiger partial charge in [-0.2, -0.15) is 11.8 Å². The van der Waals surface area contributed by atoms with E-state index in [2.05, 4.69) is 47.7 Å². The van der Waals surface area contributed by atoms with Crippen LogP contribution in [-0.4, -0.2) is 23.0 Å². The summed E-state index contributed by atoms with van der Waals surface area (Å²) in [7, 11) is 0. The molecule has 18 heavy (non-hydrogen) atoms. The van der Waals surface area contributed by atoms with Crippen LogP contribution >= 0.6 is 11.8 Å². The van der Waals surface area contributed by atoms with Crippen LogP contribution in [0.1, 0.15) is 18.9 Å². The second-order valence-electron chi connectivity index (χ2n) is 4.46.